The number of hydrazone groups is 1. The fraction of sp³-hybridized carbons (Fsp3) is 0.586. The number of amides is 2. The van der Waals surface area contributed by atoms with Crippen molar-refractivity contribution < 1.29 is 9.59 Å². The van der Waals surface area contributed by atoms with Crippen LogP contribution in [0.5, 0.6) is 0 Å². The minimum atomic E-state index is -0.150. The van der Waals surface area contributed by atoms with Crippen LogP contribution in [0.1, 0.15) is 76.7 Å². The topological polar surface area (TPSA) is 107 Å². The zero-order valence-corrected chi connectivity index (χ0v) is 22.8. The van der Waals surface area contributed by atoms with Gasteiger partial charge >= 0.3 is 0 Å². The van der Waals surface area contributed by atoms with Crippen LogP contribution in [0.3, 0.4) is 0 Å². The van der Waals surface area contributed by atoms with Crippen molar-refractivity contribution in [3.05, 3.63) is 29.8 Å². The summed E-state index contributed by atoms with van der Waals surface area (Å²) in [5.74, 6) is 1.47. The molecule has 0 radical (unpaired) electrons. The Morgan fingerprint density at radius 3 is 1.77 bits per heavy atom. The standard InChI is InChI=1S/C29H38N8O2/c1-20(21-12-14-22(15-13-21)37-25(38)23-10-4-5-11-24(23)26(37)39)33-34-27-30-28(35-16-6-2-7-17-35)32-29(31-27)36-18-8-3-9-19-36/h12-15,23-24H,2-11,16-19H2,1H3,(H,30,31,32,34)/b33-20-/t23-,24-/m1/s1. The third-order valence-electron chi connectivity index (χ3n) is 8.60. The summed E-state index contributed by atoms with van der Waals surface area (Å²) in [6.07, 6.45) is 10.8. The van der Waals surface area contributed by atoms with Crippen LogP contribution in [-0.2, 0) is 9.59 Å². The van der Waals surface area contributed by atoms with E-state index < -0.39 is 0 Å². The number of piperidine rings is 2. The van der Waals surface area contributed by atoms with Crippen molar-refractivity contribution >= 4 is 41.1 Å². The highest BCUT2D eigenvalue weighted by Crippen LogP contribution is 2.40. The maximum absolute atomic E-state index is 13.0. The first kappa shape index (κ1) is 25.7. The third-order valence-corrected chi connectivity index (χ3v) is 8.60. The van der Waals surface area contributed by atoms with Crippen molar-refractivity contribution in [3.8, 4) is 0 Å². The predicted molar refractivity (Wildman–Crippen MR) is 152 cm³/mol. The number of rotatable bonds is 6. The van der Waals surface area contributed by atoms with Crippen LogP contribution in [0.2, 0.25) is 0 Å². The number of aromatic nitrogens is 3. The van der Waals surface area contributed by atoms with E-state index in [-0.39, 0.29) is 23.7 Å². The van der Waals surface area contributed by atoms with Crippen LogP contribution in [0.15, 0.2) is 29.4 Å². The molecule has 1 aromatic carbocycles. The molecule has 10 heteroatoms. The molecule has 206 valence electrons. The lowest BCUT2D eigenvalue weighted by molar-refractivity contribution is -0.122. The van der Waals surface area contributed by atoms with Crippen molar-refractivity contribution in [1.29, 1.82) is 0 Å². The van der Waals surface area contributed by atoms with Crippen LogP contribution in [0.25, 0.3) is 0 Å². The molecule has 6 rings (SSSR count). The highest BCUT2D eigenvalue weighted by atomic mass is 16.2. The largest absolute Gasteiger partial charge is 0.341 e. The summed E-state index contributed by atoms with van der Waals surface area (Å²) in [4.78, 5) is 46.1. The number of carbonyl (C=O) groups excluding carboxylic acids is 2. The fourth-order valence-corrected chi connectivity index (χ4v) is 6.34. The molecule has 1 saturated carbocycles. The Balaban J connectivity index is 1.19. The van der Waals surface area contributed by atoms with E-state index in [1.54, 1.807) is 0 Å². The number of hydrogen-bond donors (Lipinski definition) is 1. The molecule has 1 N–H and O–H groups in total. The fourth-order valence-electron chi connectivity index (χ4n) is 6.34. The molecule has 3 aliphatic heterocycles. The van der Waals surface area contributed by atoms with Gasteiger partial charge in [0.05, 0.1) is 23.2 Å². The normalized spacial score (nSPS) is 24.2. The van der Waals surface area contributed by atoms with Crippen LogP contribution in [0, 0.1) is 11.8 Å². The van der Waals surface area contributed by atoms with Crippen LogP contribution in [-0.4, -0.2) is 58.7 Å². The van der Waals surface area contributed by atoms with Crippen molar-refractivity contribution in [2.75, 3.05) is 46.3 Å². The van der Waals surface area contributed by atoms with Gasteiger partial charge in [-0.25, -0.2) is 5.43 Å². The molecule has 4 fully saturated rings. The van der Waals surface area contributed by atoms with Gasteiger partial charge in [0.1, 0.15) is 0 Å². The lowest BCUT2D eigenvalue weighted by Gasteiger charge is -2.30. The van der Waals surface area contributed by atoms with E-state index >= 15 is 0 Å². The third kappa shape index (κ3) is 5.33. The highest BCUT2D eigenvalue weighted by molar-refractivity contribution is 6.22. The van der Waals surface area contributed by atoms with E-state index in [1.165, 1.54) is 17.7 Å². The van der Waals surface area contributed by atoms with E-state index in [0.717, 1.165) is 88.8 Å². The molecule has 10 nitrogen and oxygen atoms in total. The number of anilines is 4. The van der Waals surface area contributed by atoms with Gasteiger partial charge in [-0.3, -0.25) is 14.5 Å². The molecule has 3 saturated heterocycles. The quantitative estimate of drug-likeness (QED) is 0.333. The summed E-state index contributed by atoms with van der Waals surface area (Å²) in [5.41, 5.74) is 5.36. The minimum absolute atomic E-state index is 0.0478. The second-order valence-electron chi connectivity index (χ2n) is 11.2. The summed E-state index contributed by atoms with van der Waals surface area (Å²) < 4.78 is 0. The Bertz CT molecular complexity index is 1170. The maximum atomic E-state index is 13.0. The first-order valence-corrected chi connectivity index (χ1v) is 14.6. The highest BCUT2D eigenvalue weighted by Gasteiger charge is 2.48. The molecule has 2 amide bonds. The first-order valence-electron chi connectivity index (χ1n) is 14.6. The van der Waals surface area contributed by atoms with Gasteiger partial charge in [0, 0.05) is 26.2 Å². The summed E-state index contributed by atoms with van der Waals surface area (Å²) in [6, 6.07) is 7.49. The number of hydrogen-bond acceptors (Lipinski definition) is 9. The van der Waals surface area contributed by atoms with Crippen LogP contribution < -0.4 is 20.1 Å². The monoisotopic (exact) mass is 530 g/mol. The Labute approximate surface area is 229 Å². The molecule has 1 aliphatic carbocycles. The van der Waals surface area contributed by atoms with E-state index in [9.17, 15) is 9.59 Å². The molecule has 0 spiro atoms. The van der Waals surface area contributed by atoms with Gasteiger partial charge in [0.25, 0.3) is 0 Å². The number of nitrogens with zero attached hydrogens (tertiary/aromatic N) is 7. The maximum Gasteiger partial charge on any atom is 0.250 e. The molecular formula is C29H38N8O2. The molecular weight excluding hydrogens is 492 g/mol. The molecule has 2 atom stereocenters. The molecule has 4 heterocycles. The van der Waals surface area contributed by atoms with E-state index in [0.29, 0.717) is 23.5 Å². The SMILES string of the molecule is C/C(=N/Nc1nc(N2CCCCC2)nc(N2CCCCC2)n1)c1ccc(N2C(=O)[C@@H]3CCCC[C@H]3C2=O)cc1. The number of nitrogens with one attached hydrogen (secondary N) is 1. The van der Waals surface area contributed by atoms with Gasteiger partial charge in [-0.15, -0.1) is 0 Å². The second-order valence-corrected chi connectivity index (χ2v) is 11.2. The molecule has 4 aliphatic rings. The van der Waals surface area contributed by atoms with Gasteiger partial charge in [-0.2, -0.15) is 20.1 Å². The van der Waals surface area contributed by atoms with Gasteiger partial charge in [0.2, 0.25) is 29.7 Å². The van der Waals surface area contributed by atoms with Gasteiger partial charge in [-0.1, -0.05) is 25.0 Å². The number of carbonyl (C=O) groups is 2. The van der Waals surface area contributed by atoms with E-state index in [2.05, 4.69) is 20.3 Å². The summed E-state index contributed by atoms with van der Waals surface area (Å²) >= 11 is 0. The first-order chi connectivity index (χ1) is 19.1. The Morgan fingerprint density at radius 2 is 1.26 bits per heavy atom. The van der Waals surface area contributed by atoms with E-state index in [4.69, 9.17) is 15.0 Å². The molecule has 1 aromatic heterocycles. The predicted octanol–water partition coefficient (Wildman–Crippen LogP) is 4.37. The molecule has 0 unspecified atom stereocenters. The Hall–Kier alpha value is -3.56. The van der Waals surface area contributed by atoms with Crippen LogP contribution >= 0.6 is 0 Å². The molecule has 2 aromatic rings. The average Bonchev–Trinajstić information content (AvgIpc) is 3.26. The average molecular weight is 531 g/mol. The molecule has 0 bridgehead atoms. The van der Waals surface area contributed by atoms with E-state index in [1.807, 2.05) is 31.2 Å². The van der Waals surface area contributed by atoms with Gasteiger partial charge in [0.15, 0.2) is 0 Å². The number of imide groups is 1. The summed E-state index contributed by atoms with van der Waals surface area (Å²) in [5, 5.41) is 4.58. The van der Waals surface area contributed by atoms with Gasteiger partial charge < -0.3 is 9.80 Å². The van der Waals surface area contributed by atoms with Gasteiger partial charge in [-0.05, 0) is 76.0 Å². The second kappa shape index (κ2) is 11.3. The number of benzene rings is 1. The van der Waals surface area contributed by atoms with Crippen molar-refractivity contribution in [2.45, 2.75) is 71.1 Å². The number of fused-ring (bicyclic) bond motifs is 1. The zero-order chi connectivity index (χ0) is 26.8. The van der Waals surface area contributed by atoms with Crippen molar-refractivity contribution in [1.82, 2.24) is 15.0 Å². The Kier molecular flexibility index (Phi) is 7.43. The lowest BCUT2D eigenvalue weighted by Crippen LogP contribution is -2.34. The smallest absolute Gasteiger partial charge is 0.250 e. The zero-order valence-electron chi connectivity index (χ0n) is 22.8. The summed E-state index contributed by atoms with van der Waals surface area (Å²) in [7, 11) is 0. The summed E-state index contributed by atoms with van der Waals surface area (Å²) in [6.45, 7) is 5.76. The lowest BCUT2D eigenvalue weighted by atomic mass is 9.81. The Morgan fingerprint density at radius 1 is 0.744 bits per heavy atom. The van der Waals surface area contributed by atoms with Crippen molar-refractivity contribution in [2.24, 2.45) is 16.9 Å². The van der Waals surface area contributed by atoms with Crippen molar-refractivity contribution in [3.63, 3.8) is 0 Å². The minimum Gasteiger partial charge on any atom is -0.341 e. The van der Waals surface area contributed by atoms with Crippen LogP contribution in [0.4, 0.5) is 23.5 Å². The molecule has 39 heavy (non-hydrogen) atoms.